The number of hydrogen-bond acceptors (Lipinski definition) is 0. The van der Waals surface area contributed by atoms with Crippen molar-refractivity contribution in [2.75, 3.05) is 0 Å². The van der Waals surface area contributed by atoms with Crippen molar-refractivity contribution in [3.63, 3.8) is 0 Å². The monoisotopic (exact) mass is 410 g/mol. The second-order valence-corrected chi connectivity index (χ2v) is 26.6. The summed E-state index contributed by atoms with van der Waals surface area (Å²) in [4.78, 5) is 0. The molecular formula is C18H39ClSn. The molecular weight excluding hydrogens is 370 g/mol. The van der Waals surface area contributed by atoms with E-state index in [1.807, 2.05) is 0 Å². The Kier molecular flexibility index (Phi) is 7.99. The molecule has 122 valence electrons. The third kappa shape index (κ3) is 12.8. The van der Waals surface area contributed by atoms with Crippen molar-refractivity contribution in [2.24, 2.45) is 16.2 Å². The van der Waals surface area contributed by atoms with Gasteiger partial charge in [0.25, 0.3) is 0 Å². The first-order chi connectivity index (χ1) is 8.62. The molecule has 0 N–H and O–H groups in total. The Bertz CT molecular complexity index is 230. The molecule has 0 rings (SSSR count). The first-order valence-corrected chi connectivity index (χ1v) is 18.0. The Morgan fingerprint density at radius 1 is 0.550 bits per heavy atom. The van der Waals surface area contributed by atoms with Gasteiger partial charge in [-0.2, -0.15) is 0 Å². The second kappa shape index (κ2) is 7.57. The van der Waals surface area contributed by atoms with E-state index in [1.165, 1.54) is 32.6 Å². The normalized spacial score (nSPS) is 14.7. The van der Waals surface area contributed by atoms with Crippen LogP contribution in [-0.4, -0.2) is 17.3 Å². The summed E-state index contributed by atoms with van der Waals surface area (Å²) in [5, 5.41) is 0. The Labute approximate surface area is 137 Å². The van der Waals surface area contributed by atoms with Crippen LogP contribution in [0.2, 0.25) is 13.3 Å². The molecule has 0 nitrogen and oxygen atoms in total. The van der Waals surface area contributed by atoms with Crippen molar-refractivity contribution in [3.8, 4) is 0 Å². The number of halogens is 1. The molecule has 0 spiro atoms. The van der Waals surface area contributed by atoms with E-state index in [-0.39, 0.29) is 0 Å². The maximum absolute atomic E-state index is 7.27. The summed E-state index contributed by atoms with van der Waals surface area (Å²) in [5.41, 5.74) is 1.29. The molecule has 0 aliphatic rings. The standard InChI is InChI=1S/3C6H13.ClH.Sn/c3*1-5-6(2,3)4;;/h3*1,5H2,2-4H3;1H;/q;;;;+1/p-1. The molecule has 20 heavy (non-hydrogen) atoms. The van der Waals surface area contributed by atoms with E-state index in [0.29, 0.717) is 16.2 Å². The van der Waals surface area contributed by atoms with Gasteiger partial charge in [-0.05, 0) is 0 Å². The summed E-state index contributed by atoms with van der Waals surface area (Å²) < 4.78 is 4.06. The maximum atomic E-state index is 7.27. The van der Waals surface area contributed by atoms with Gasteiger partial charge in [0.15, 0.2) is 0 Å². The van der Waals surface area contributed by atoms with E-state index < -0.39 is 17.3 Å². The van der Waals surface area contributed by atoms with Gasteiger partial charge in [0, 0.05) is 0 Å². The average molecular weight is 410 g/mol. The third-order valence-corrected chi connectivity index (χ3v) is 17.6. The van der Waals surface area contributed by atoms with Crippen LogP contribution in [0.25, 0.3) is 0 Å². The fraction of sp³-hybridized carbons (Fsp3) is 1.00. The summed E-state index contributed by atoms with van der Waals surface area (Å²) in [6.45, 7) is 21.2. The fourth-order valence-corrected chi connectivity index (χ4v) is 16.5. The molecule has 0 saturated heterocycles. The Morgan fingerprint density at radius 3 is 0.900 bits per heavy atom. The van der Waals surface area contributed by atoms with Crippen LogP contribution in [0, 0.1) is 16.2 Å². The zero-order valence-electron chi connectivity index (χ0n) is 15.6. The van der Waals surface area contributed by atoms with E-state index in [2.05, 4.69) is 62.3 Å². The molecule has 2 heteroatoms. The van der Waals surface area contributed by atoms with Crippen molar-refractivity contribution in [3.05, 3.63) is 0 Å². The van der Waals surface area contributed by atoms with Gasteiger partial charge in [-0.3, -0.25) is 0 Å². The van der Waals surface area contributed by atoms with Gasteiger partial charge in [0.1, 0.15) is 0 Å². The summed E-state index contributed by atoms with van der Waals surface area (Å²) in [6, 6.07) is 0. The van der Waals surface area contributed by atoms with Gasteiger partial charge in [-0.15, -0.1) is 0 Å². The van der Waals surface area contributed by atoms with Gasteiger partial charge in [0.05, 0.1) is 0 Å². The van der Waals surface area contributed by atoms with E-state index in [0.717, 1.165) is 0 Å². The predicted octanol–water partition coefficient (Wildman–Crippen LogP) is 7.48. The Morgan fingerprint density at radius 2 is 0.750 bits per heavy atom. The summed E-state index contributed by atoms with van der Waals surface area (Å²) in [5.74, 6) is 0. The summed E-state index contributed by atoms with van der Waals surface area (Å²) in [7, 11) is 7.27. The van der Waals surface area contributed by atoms with E-state index in [4.69, 9.17) is 8.92 Å². The van der Waals surface area contributed by atoms with Crippen LogP contribution in [0.3, 0.4) is 0 Å². The molecule has 0 atom stereocenters. The molecule has 0 amide bonds. The van der Waals surface area contributed by atoms with Gasteiger partial charge < -0.3 is 0 Å². The van der Waals surface area contributed by atoms with Crippen LogP contribution in [0.4, 0.5) is 0 Å². The molecule has 0 radical (unpaired) electrons. The molecule has 0 aromatic heterocycles. The number of rotatable bonds is 6. The molecule has 0 unspecified atom stereocenters. The molecule has 0 aliphatic carbocycles. The van der Waals surface area contributed by atoms with Gasteiger partial charge in [-0.25, -0.2) is 0 Å². The quantitative estimate of drug-likeness (QED) is 0.399. The van der Waals surface area contributed by atoms with Gasteiger partial charge in [-0.1, -0.05) is 0 Å². The van der Waals surface area contributed by atoms with E-state index in [1.54, 1.807) is 0 Å². The average Bonchev–Trinajstić information content (AvgIpc) is 2.18. The van der Waals surface area contributed by atoms with Crippen LogP contribution < -0.4 is 0 Å². The number of hydrogen-bond donors (Lipinski definition) is 0. The zero-order chi connectivity index (χ0) is 16.2. The van der Waals surface area contributed by atoms with Crippen LogP contribution in [0.1, 0.15) is 81.6 Å². The minimum atomic E-state index is -2.43. The second-order valence-electron chi connectivity index (χ2n) is 10.3. The molecule has 0 saturated carbocycles. The first-order valence-electron chi connectivity index (χ1n) is 8.31. The molecule has 0 bridgehead atoms. The van der Waals surface area contributed by atoms with Gasteiger partial charge in [0.2, 0.25) is 0 Å². The fourth-order valence-electron chi connectivity index (χ4n) is 2.17. The SMILES string of the molecule is CC(C)(C)C[CH2][Sn]([Cl])([CH2]CC(C)(C)C)[CH2]CC(C)(C)C. The summed E-state index contributed by atoms with van der Waals surface area (Å²) in [6.07, 6.45) is 3.92. The van der Waals surface area contributed by atoms with Crippen molar-refractivity contribution in [2.45, 2.75) is 94.9 Å². The van der Waals surface area contributed by atoms with E-state index in [9.17, 15) is 0 Å². The molecule has 0 fully saturated rings. The minimum absolute atomic E-state index is 0.431. The van der Waals surface area contributed by atoms with Gasteiger partial charge >= 0.3 is 137 Å². The molecule has 0 aromatic carbocycles. The zero-order valence-corrected chi connectivity index (χ0v) is 19.2. The van der Waals surface area contributed by atoms with E-state index >= 15 is 0 Å². The first kappa shape index (κ1) is 21.1. The predicted molar refractivity (Wildman–Crippen MR) is 98.2 cm³/mol. The Hall–Kier alpha value is 1.09. The third-order valence-electron chi connectivity index (χ3n) is 3.97. The van der Waals surface area contributed by atoms with Crippen molar-refractivity contribution in [1.82, 2.24) is 0 Å². The van der Waals surface area contributed by atoms with Crippen LogP contribution in [-0.2, 0) is 0 Å². The molecule has 0 heterocycles. The van der Waals surface area contributed by atoms with Crippen LogP contribution in [0.15, 0.2) is 0 Å². The molecule has 0 aromatic rings. The topological polar surface area (TPSA) is 0 Å². The van der Waals surface area contributed by atoms with Crippen molar-refractivity contribution in [1.29, 1.82) is 0 Å². The van der Waals surface area contributed by atoms with Crippen LogP contribution in [0.5, 0.6) is 0 Å². The van der Waals surface area contributed by atoms with Crippen LogP contribution >= 0.6 is 8.92 Å². The van der Waals surface area contributed by atoms with Crippen molar-refractivity contribution < 1.29 is 0 Å². The summed E-state index contributed by atoms with van der Waals surface area (Å²) >= 11 is -2.43. The Balaban J connectivity index is 4.66. The molecule has 0 aliphatic heterocycles. The van der Waals surface area contributed by atoms with Crippen molar-refractivity contribution >= 4 is 26.2 Å².